The molecule has 0 spiro atoms. The summed E-state index contributed by atoms with van der Waals surface area (Å²) in [7, 11) is 0. The lowest BCUT2D eigenvalue weighted by molar-refractivity contribution is 0.0514. The first-order valence-electron chi connectivity index (χ1n) is 6.25. The molecule has 1 fully saturated rings. The van der Waals surface area contributed by atoms with Crippen LogP contribution in [-0.2, 0) is 4.74 Å². The fourth-order valence-electron chi connectivity index (χ4n) is 2.08. The van der Waals surface area contributed by atoms with Crippen molar-refractivity contribution in [1.29, 1.82) is 0 Å². The van der Waals surface area contributed by atoms with Crippen molar-refractivity contribution in [3.8, 4) is 5.75 Å². The van der Waals surface area contributed by atoms with E-state index in [2.05, 4.69) is 10.3 Å². The zero-order valence-corrected chi connectivity index (χ0v) is 10.3. The van der Waals surface area contributed by atoms with Crippen LogP contribution in [0.15, 0.2) is 18.5 Å². The first-order valence-corrected chi connectivity index (χ1v) is 6.25. The zero-order chi connectivity index (χ0) is 12.8. The van der Waals surface area contributed by atoms with E-state index in [0.29, 0.717) is 18.0 Å². The summed E-state index contributed by atoms with van der Waals surface area (Å²) in [6.45, 7) is 2.28. The molecule has 0 aliphatic carbocycles. The van der Waals surface area contributed by atoms with Gasteiger partial charge in [0.25, 0.3) is 5.91 Å². The molecule has 18 heavy (non-hydrogen) atoms. The second-order valence-corrected chi connectivity index (χ2v) is 4.56. The molecule has 1 aliphatic heterocycles. The topological polar surface area (TPSA) is 71.5 Å². The fourth-order valence-corrected chi connectivity index (χ4v) is 2.08. The van der Waals surface area contributed by atoms with Gasteiger partial charge in [-0.1, -0.05) is 0 Å². The number of hydrogen-bond acceptors (Lipinski definition) is 4. The molecule has 0 radical (unpaired) electrons. The molecule has 2 N–H and O–H groups in total. The maximum Gasteiger partial charge on any atom is 0.252 e. The minimum Gasteiger partial charge on any atom is -0.506 e. The van der Waals surface area contributed by atoms with Crippen molar-refractivity contribution in [1.82, 2.24) is 10.3 Å². The first kappa shape index (κ1) is 12.8. The lowest BCUT2D eigenvalue weighted by Gasteiger charge is -2.21. The summed E-state index contributed by atoms with van der Waals surface area (Å²) in [5.41, 5.74) is 0.384. The third-order valence-corrected chi connectivity index (χ3v) is 3.08. The molecule has 0 saturated carbocycles. The number of nitrogens with zero attached hydrogens (tertiary/aromatic N) is 1. The summed E-state index contributed by atoms with van der Waals surface area (Å²) in [4.78, 5) is 15.5. The van der Waals surface area contributed by atoms with Crippen molar-refractivity contribution in [2.24, 2.45) is 5.92 Å². The maximum atomic E-state index is 11.7. The van der Waals surface area contributed by atoms with Gasteiger partial charge in [0.2, 0.25) is 0 Å². The van der Waals surface area contributed by atoms with Gasteiger partial charge in [0.05, 0.1) is 11.8 Å². The van der Waals surface area contributed by atoms with Crippen LogP contribution in [0, 0.1) is 5.92 Å². The third-order valence-electron chi connectivity index (χ3n) is 3.08. The number of rotatable bonds is 4. The Bertz CT molecular complexity index is 403. The van der Waals surface area contributed by atoms with E-state index in [9.17, 15) is 9.90 Å². The zero-order valence-electron chi connectivity index (χ0n) is 10.3. The van der Waals surface area contributed by atoms with E-state index in [-0.39, 0.29) is 11.7 Å². The summed E-state index contributed by atoms with van der Waals surface area (Å²) in [5, 5.41) is 12.1. The Kier molecular flexibility index (Phi) is 4.52. The highest BCUT2D eigenvalue weighted by Crippen LogP contribution is 2.16. The number of carbonyl (C=O) groups is 1. The Labute approximate surface area is 106 Å². The number of pyridine rings is 1. The van der Waals surface area contributed by atoms with Crippen molar-refractivity contribution in [3.05, 3.63) is 24.0 Å². The Balaban J connectivity index is 1.74. The number of nitrogens with one attached hydrogen (secondary N) is 1. The highest BCUT2D eigenvalue weighted by molar-refractivity contribution is 5.94. The van der Waals surface area contributed by atoms with Crippen LogP contribution in [0.2, 0.25) is 0 Å². The SMILES string of the molecule is O=C(NCCC1CCCOC1)c1cncc(O)c1. The predicted molar refractivity (Wildman–Crippen MR) is 66.4 cm³/mol. The van der Waals surface area contributed by atoms with E-state index in [1.54, 1.807) is 0 Å². The van der Waals surface area contributed by atoms with Crippen LogP contribution < -0.4 is 5.32 Å². The van der Waals surface area contributed by atoms with Gasteiger partial charge in [0, 0.05) is 26.0 Å². The molecule has 5 heteroatoms. The molecule has 1 aliphatic rings. The number of hydrogen-bond donors (Lipinski definition) is 2. The molecule has 2 heterocycles. The molecule has 1 amide bonds. The molecular weight excluding hydrogens is 232 g/mol. The second-order valence-electron chi connectivity index (χ2n) is 4.56. The number of ether oxygens (including phenoxy) is 1. The summed E-state index contributed by atoms with van der Waals surface area (Å²) >= 11 is 0. The number of carbonyl (C=O) groups excluding carboxylic acids is 1. The standard InChI is InChI=1S/C13H18N2O3/c16-12-6-11(7-14-8-12)13(17)15-4-3-10-2-1-5-18-9-10/h6-8,10,16H,1-5,9H2,(H,15,17). The van der Waals surface area contributed by atoms with Gasteiger partial charge in [-0.3, -0.25) is 9.78 Å². The van der Waals surface area contributed by atoms with E-state index in [0.717, 1.165) is 26.1 Å². The van der Waals surface area contributed by atoms with E-state index in [1.807, 2.05) is 0 Å². The third kappa shape index (κ3) is 3.70. The van der Waals surface area contributed by atoms with Crippen molar-refractivity contribution in [2.45, 2.75) is 19.3 Å². The lowest BCUT2D eigenvalue weighted by Crippen LogP contribution is -2.28. The summed E-state index contributed by atoms with van der Waals surface area (Å²) < 4.78 is 5.38. The average Bonchev–Trinajstić information content (AvgIpc) is 2.40. The van der Waals surface area contributed by atoms with E-state index in [1.165, 1.54) is 24.9 Å². The van der Waals surface area contributed by atoms with Crippen molar-refractivity contribution < 1.29 is 14.6 Å². The van der Waals surface area contributed by atoms with Crippen LogP contribution in [0.25, 0.3) is 0 Å². The molecule has 5 nitrogen and oxygen atoms in total. The summed E-state index contributed by atoms with van der Waals surface area (Å²) in [6.07, 6.45) is 5.95. The molecule has 0 aromatic carbocycles. The number of aromatic nitrogens is 1. The molecule has 1 atom stereocenters. The maximum absolute atomic E-state index is 11.7. The number of aromatic hydroxyl groups is 1. The van der Waals surface area contributed by atoms with Crippen LogP contribution >= 0.6 is 0 Å². The molecular formula is C13H18N2O3. The smallest absolute Gasteiger partial charge is 0.252 e. The minimum atomic E-state index is -0.199. The van der Waals surface area contributed by atoms with Crippen molar-refractivity contribution in [2.75, 3.05) is 19.8 Å². The quantitative estimate of drug-likeness (QED) is 0.845. The molecule has 1 unspecified atom stereocenters. The van der Waals surface area contributed by atoms with Crippen molar-refractivity contribution in [3.63, 3.8) is 0 Å². The predicted octanol–water partition coefficient (Wildman–Crippen LogP) is 1.33. The molecule has 1 aromatic heterocycles. The van der Waals surface area contributed by atoms with E-state index >= 15 is 0 Å². The fraction of sp³-hybridized carbons (Fsp3) is 0.538. The van der Waals surface area contributed by atoms with Gasteiger partial charge in [-0.25, -0.2) is 0 Å². The molecule has 1 saturated heterocycles. The molecule has 0 bridgehead atoms. The Morgan fingerprint density at radius 2 is 2.44 bits per heavy atom. The van der Waals surface area contributed by atoms with Crippen LogP contribution in [0.4, 0.5) is 0 Å². The van der Waals surface area contributed by atoms with Crippen LogP contribution in [-0.4, -0.2) is 35.8 Å². The summed E-state index contributed by atoms with van der Waals surface area (Å²) in [5.74, 6) is 0.347. The molecule has 1 aromatic rings. The largest absolute Gasteiger partial charge is 0.506 e. The highest BCUT2D eigenvalue weighted by Gasteiger charge is 2.14. The van der Waals surface area contributed by atoms with Gasteiger partial charge in [0.1, 0.15) is 5.75 Å². The van der Waals surface area contributed by atoms with Gasteiger partial charge >= 0.3 is 0 Å². The van der Waals surface area contributed by atoms with Gasteiger partial charge in [-0.2, -0.15) is 0 Å². The molecule has 98 valence electrons. The lowest BCUT2D eigenvalue weighted by atomic mass is 9.99. The monoisotopic (exact) mass is 250 g/mol. The highest BCUT2D eigenvalue weighted by atomic mass is 16.5. The minimum absolute atomic E-state index is 0.00308. The van der Waals surface area contributed by atoms with Gasteiger partial charge in [-0.15, -0.1) is 0 Å². The Morgan fingerprint density at radius 1 is 1.56 bits per heavy atom. The Hall–Kier alpha value is -1.62. The summed E-state index contributed by atoms with van der Waals surface area (Å²) in [6, 6.07) is 1.41. The van der Waals surface area contributed by atoms with Gasteiger partial charge in [0.15, 0.2) is 0 Å². The second kappa shape index (κ2) is 6.35. The van der Waals surface area contributed by atoms with E-state index in [4.69, 9.17) is 4.74 Å². The first-order chi connectivity index (χ1) is 8.75. The van der Waals surface area contributed by atoms with E-state index < -0.39 is 0 Å². The molecule has 2 rings (SSSR count). The number of amides is 1. The van der Waals surface area contributed by atoms with Gasteiger partial charge < -0.3 is 15.2 Å². The average molecular weight is 250 g/mol. The van der Waals surface area contributed by atoms with Crippen LogP contribution in [0.3, 0.4) is 0 Å². The van der Waals surface area contributed by atoms with Gasteiger partial charge in [-0.05, 0) is 31.2 Å². The van der Waals surface area contributed by atoms with Crippen LogP contribution in [0.1, 0.15) is 29.6 Å². The Morgan fingerprint density at radius 3 is 3.17 bits per heavy atom. The van der Waals surface area contributed by atoms with Crippen molar-refractivity contribution >= 4 is 5.91 Å². The van der Waals surface area contributed by atoms with Crippen LogP contribution in [0.5, 0.6) is 5.75 Å². The normalized spacial score (nSPS) is 19.4.